The molecule has 3 rings (SSSR count). The number of nitrogens with zero attached hydrogens (tertiary/aromatic N) is 1. The first-order valence-electron chi connectivity index (χ1n) is 7.84. The molecule has 1 N–H and O–H groups in total. The van der Waals surface area contributed by atoms with Gasteiger partial charge in [0.1, 0.15) is 0 Å². The molecular weight excluding hydrogens is 340 g/mol. The fourth-order valence-electron chi connectivity index (χ4n) is 2.36. The summed E-state index contributed by atoms with van der Waals surface area (Å²) in [6.45, 7) is 4.07. The van der Waals surface area contributed by atoms with E-state index < -0.39 is 0 Å². The predicted octanol–water partition coefficient (Wildman–Crippen LogP) is 4.83. The van der Waals surface area contributed by atoms with Crippen LogP contribution in [0.3, 0.4) is 0 Å². The normalized spacial score (nSPS) is 10.9. The standard InChI is InChI=1S/C18H18N2O2S2/c1-3-12-5-6-13-16(10-12)24-18(19-13)20-17(22)9-7-14(21)15-8-4-11(2)23-15/h4-6,8,10H,3,7,9H2,1-2H3,(H,19,20,22). The first-order chi connectivity index (χ1) is 11.5. The van der Waals surface area contributed by atoms with Crippen molar-refractivity contribution in [2.24, 2.45) is 0 Å². The van der Waals surface area contributed by atoms with Crippen molar-refractivity contribution in [1.82, 2.24) is 4.98 Å². The van der Waals surface area contributed by atoms with E-state index in [0.29, 0.717) is 10.0 Å². The molecule has 24 heavy (non-hydrogen) atoms. The second-order valence-corrected chi connectivity index (χ2v) is 7.87. The monoisotopic (exact) mass is 358 g/mol. The molecule has 0 saturated carbocycles. The van der Waals surface area contributed by atoms with Crippen molar-refractivity contribution in [1.29, 1.82) is 0 Å². The van der Waals surface area contributed by atoms with Crippen molar-refractivity contribution >= 4 is 49.7 Å². The van der Waals surface area contributed by atoms with Gasteiger partial charge in [-0.15, -0.1) is 11.3 Å². The summed E-state index contributed by atoms with van der Waals surface area (Å²) in [6.07, 6.45) is 1.36. The van der Waals surface area contributed by atoms with Crippen molar-refractivity contribution in [3.8, 4) is 0 Å². The zero-order valence-corrected chi connectivity index (χ0v) is 15.2. The van der Waals surface area contributed by atoms with Crippen molar-refractivity contribution in [2.75, 3.05) is 5.32 Å². The highest BCUT2D eigenvalue weighted by Crippen LogP contribution is 2.27. The second kappa shape index (κ2) is 7.23. The van der Waals surface area contributed by atoms with Crippen LogP contribution < -0.4 is 5.32 Å². The number of carbonyl (C=O) groups excluding carboxylic acids is 2. The van der Waals surface area contributed by atoms with E-state index in [1.165, 1.54) is 28.2 Å². The molecule has 0 fully saturated rings. The van der Waals surface area contributed by atoms with E-state index in [9.17, 15) is 9.59 Å². The van der Waals surface area contributed by atoms with Crippen LogP contribution in [-0.2, 0) is 11.2 Å². The number of amides is 1. The summed E-state index contributed by atoms with van der Waals surface area (Å²) in [6, 6.07) is 9.87. The summed E-state index contributed by atoms with van der Waals surface area (Å²) in [7, 11) is 0. The Balaban J connectivity index is 1.59. The average molecular weight is 358 g/mol. The largest absolute Gasteiger partial charge is 0.302 e. The quantitative estimate of drug-likeness (QED) is 0.642. The van der Waals surface area contributed by atoms with Gasteiger partial charge >= 0.3 is 0 Å². The SMILES string of the molecule is CCc1ccc2nc(NC(=O)CCC(=O)c3ccc(C)s3)sc2c1. The highest BCUT2D eigenvalue weighted by atomic mass is 32.1. The summed E-state index contributed by atoms with van der Waals surface area (Å²) >= 11 is 2.93. The van der Waals surface area contributed by atoms with Crippen LogP contribution in [0.15, 0.2) is 30.3 Å². The van der Waals surface area contributed by atoms with Crippen LogP contribution in [0.25, 0.3) is 10.2 Å². The van der Waals surface area contributed by atoms with Gasteiger partial charge in [0.05, 0.1) is 15.1 Å². The van der Waals surface area contributed by atoms with Gasteiger partial charge < -0.3 is 5.32 Å². The number of anilines is 1. The lowest BCUT2D eigenvalue weighted by Gasteiger charge is -2.00. The Hall–Kier alpha value is -2.05. The van der Waals surface area contributed by atoms with Crippen LogP contribution in [0.2, 0.25) is 0 Å². The van der Waals surface area contributed by atoms with Gasteiger partial charge in [-0.25, -0.2) is 4.98 Å². The number of aryl methyl sites for hydroxylation is 2. The van der Waals surface area contributed by atoms with Gasteiger partial charge in [0, 0.05) is 17.7 Å². The molecule has 3 aromatic rings. The maximum absolute atomic E-state index is 12.1. The first kappa shape index (κ1) is 16.8. The van der Waals surface area contributed by atoms with E-state index in [2.05, 4.69) is 29.4 Å². The highest BCUT2D eigenvalue weighted by Gasteiger charge is 2.13. The summed E-state index contributed by atoms with van der Waals surface area (Å²) in [4.78, 5) is 30.3. The van der Waals surface area contributed by atoms with E-state index in [1.807, 2.05) is 25.1 Å². The number of fused-ring (bicyclic) bond motifs is 1. The number of hydrogen-bond acceptors (Lipinski definition) is 5. The molecule has 0 aliphatic rings. The molecule has 4 nitrogen and oxygen atoms in total. The number of hydrogen-bond donors (Lipinski definition) is 1. The number of nitrogens with one attached hydrogen (secondary N) is 1. The van der Waals surface area contributed by atoms with Gasteiger partial charge in [-0.3, -0.25) is 9.59 Å². The molecule has 0 saturated heterocycles. The first-order valence-corrected chi connectivity index (χ1v) is 9.47. The number of benzene rings is 1. The molecule has 0 aliphatic heterocycles. The molecule has 2 aromatic heterocycles. The topological polar surface area (TPSA) is 59.1 Å². The second-order valence-electron chi connectivity index (χ2n) is 5.56. The van der Waals surface area contributed by atoms with Gasteiger partial charge in [-0.2, -0.15) is 0 Å². The minimum atomic E-state index is -0.175. The summed E-state index contributed by atoms with van der Waals surface area (Å²) in [5.74, 6) is -0.161. The number of carbonyl (C=O) groups is 2. The molecule has 0 bridgehead atoms. The molecule has 1 amide bonds. The third kappa shape index (κ3) is 3.88. The molecule has 2 heterocycles. The maximum atomic E-state index is 12.1. The summed E-state index contributed by atoms with van der Waals surface area (Å²) in [5.41, 5.74) is 2.14. The van der Waals surface area contributed by atoms with E-state index >= 15 is 0 Å². The molecule has 0 unspecified atom stereocenters. The zero-order valence-electron chi connectivity index (χ0n) is 13.6. The Morgan fingerprint density at radius 2 is 1.96 bits per heavy atom. The molecule has 1 aromatic carbocycles. The van der Waals surface area contributed by atoms with E-state index in [4.69, 9.17) is 0 Å². The average Bonchev–Trinajstić information content (AvgIpc) is 3.17. The molecule has 6 heteroatoms. The molecule has 0 radical (unpaired) electrons. The zero-order chi connectivity index (χ0) is 17.1. The lowest BCUT2D eigenvalue weighted by molar-refractivity contribution is -0.116. The number of ketones is 1. The van der Waals surface area contributed by atoms with Crippen LogP contribution in [0.1, 0.15) is 39.9 Å². The number of Topliss-reactive ketones (excluding diaryl/α,β-unsaturated/α-hetero) is 1. The number of thiophene rings is 1. The fraction of sp³-hybridized carbons (Fsp3) is 0.278. The van der Waals surface area contributed by atoms with Crippen molar-refractivity contribution in [3.05, 3.63) is 45.6 Å². The van der Waals surface area contributed by atoms with Crippen LogP contribution in [0.5, 0.6) is 0 Å². The number of thiazole rings is 1. The number of rotatable bonds is 6. The minimum Gasteiger partial charge on any atom is -0.302 e. The van der Waals surface area contributed by atoms with Gasteiger partial charge in [0.2, 0.25) is 5.91 Å². The Bertz CT molecular complexity index is 895. The minimum absolute atomic E-state index is 0.0140. The Morgan fingerprint density at radius 3 is 2.67 bits per heavy atom. The van der Waals surface area contributed by atoms with Crippen molar-refractivity contribution in [2.45, 2.75) is 33.1 Å². The van der Waals surface area contributed by atoms with E-state index in [0.717, 1.165) is 21.5 Å². The van der Waals surface area contributed by atoms with E-state index in [1.54, 1.807) is 0 Å². The lowest BCUT2D eigenvalue weighted by atomic mass is 10.2. The van der Waals surface area contributed by atoms with Crippen LogP contribution >= 0.6 is 22.7 Å². The smallest absolute Gasteiger partial charge is 0.226 e. The van der Waals surface area contributed by atoms with Crippen LogP contribution in [-0.4, -0.2) is 16.7 Å². The predicted molar refractivity (Wildman–Crippen MR) is 100 cm³/mol. The maximum Gasteiger partial charge on any atom is 0.226 e. The Kier molecular flexibility index (Phi) is 5.06. The summed E-state index contributed by atoms with van der Waals surface area (Å²) in [5, 5.41) is 3.39. The molecule has 0 aliphatic carbocycles. The fourth-order valence-corrected chi connectivity index (χ4v) is 4.14. The molecule has 124 valence electrons. The van der Waals surface area contributed by atoms with Gasteiger partial charge in [0.25, 0.3) is 0 Å². The Labute approximate surface area is 148 Å². The molecule has 0 spiro atoms. The van der Waals surface area contributed by atoms with Crippen LogP contribution in [0, 0.1) is 6.92 Å². The van der Waals surface area contributed by atoms with Crippen LogP contribution in [0.4, 0.5) is 5.13 Å². The third-order valence-electron chi connectivity index (χ3n) is 3.70. The molecular formula is C18H18N2O2S2. The van der Waals surface area contributed by atoms with Crippen molar-refractivity contribution < 1.29 is 9.59 Å². The Morgan fingerprint density at radius 1 is 1.12 bits per heavy atom. The third-order valence-corrected chi connectivity index (χ3v) is 5.68. The highest BCUT2D eigenvalue weighted by molar-refractivity contribution is 7.22. The van der Waals surface area contributed by atoms with Crippen molar-refractivity contribution in [3.63, 3.8) is 0 Å². The summed E-state index contributed by atoms with van der Waals surface area (Å²) < 4.78 is 1.06. The van der Waals surface area contributed by atoms with E-state index in [-0.39, 0.29) is 24.5 Å². The number of aromatic nitrogens is 1. The molecule has 0 atom stereocenters. The van der Waals surface area contributed by atoms with Gasteiger partial charge in [0.15, 0.2) is 10.9 Å². The van der Waals surface area contributed by atoms with Gasteiger partial charge in [-0.05, 0) is 43.2 Å². The lowest BCUT2D eigenvalue weighted by Crippen LogP contribution is -2.12. The van der Waals surface area contributed by atoms with Gasteiger partial charge in [-0.1, -0.05) is 24.3 Å².